The summed E-state index contributed by atoms with van der Waals surface area (Å²) in [5.74, 6) is 0.927. The average Bonchev–Trinajstić information content (AvgIpc) is 2.69. The van der Waals surface area contributed by atoms with Crippen LogP contribution in [0.5, 0.6) is 0 Å². The Bertz CT molecular complexity index is 831. The molecule has 0 unspecified atom stereocenters. The van der Waals surface area contributed by atoms with Crippen molar-refractivity contribution in [3.8, 4) is 6.07 Å². The van der Waals surface area contributed by atoms with Gasteiger partial charge in [-0.05, 0) is 72.9 Å². The normalized spacial score (nSPS) is 19.1. The molecule has 1 aliphatic rings. The van der Waals surface area contributed by atoms with Gasteiger partial charge in [-0.2, -0.15) is 10.2 Å². The Hall–Kier alpha value is -3.00. The lowest BCUT2D eigenvalue weighted by Crippen LogP contribution is -2.20. The smallest absolute Gasteiger partial charge is 0.224 e. The predicted octanol–water partition coefficient (Wildman–Crippen LogP) is 5.13. The Kier molecular flexibility index (Phi) is 6.32. The Morgan fingerprint density at radius 2 is 1.85 bits per heavy atom. The largest absolute Gasteiger partial charge is 0.326 e. The molecular weight excluding hydrogens is 338 g/mol. The van der Waals surface area contributed by atoms with Gasteiger partial charge in [-0.25, -0.2) is 0 Å². The van der Waals surface area contributed by atoms with Gasteiger partial charge in [-0.1, -0.05) is 29.4 Å². The second-order valence-electron chi connectivity index (χ2n) is 7.19. The van der Waals surface area contributed by atoms with Crippen molar-refractivity contribution >= 4 is 11.6 Å². The molecular formula is C22H23N3O2. The molecule has 1 aliphatic carbocycles. The van der Waals surface area contributed by atoms with Crippen molar-refractivity contribution in [1.82, 2.24) is 0 Å². The van der Waals surface area contributed by atoms with Gasteiger partial charge < -0.3 is 5.32 Å². The number of carbonyl (C=O) groups excluding carboxylic acids is 1. The fourth-order valence-electron chi connectivity index (χ4n) is 3.82. The summed E-state index contributed by atoms with van der Waals surface area (Å²) in [4.78, 5) is 22.8. The summed E-state index contributed by atoms with van der Waals surface area (Å²) in [6.45, 7) is 0.221. The van der Waals surface area contributed by atoms with Crippen molar-refractivity contribution in [3.05, 3.63) is 70.1 Å². The molecule has 0 radical (unpaired) electrons. The average molecular weight is 361 g/mol. The molecule has 1 amide bonds. The summed E-state index contributed by atoms with van der Waals surface area (Å²) in [5, 5.41) is 14.7. The van der Waals surface area contributed by atoms with Gasteiger partial charge in [0, 0.05) is 12.1 Å². The first-order valence-electron chi connectivity index (χ1n) is 9.36. The number of nitriles is 1. The maximum absolute atomic E-state index is 12.3. The molecule has 1 fully saturated rings. The van der Waals surface area contributed by atoms with E-state index in [0.717, 1.165) is 36.9 Å². The van der Waals surface area contributed by atoms with Crippen LogP contribution in [-0.4, -0.2) is 5.91 Å². The van der Waals surface area contributed by atoms with Gasteiger partial charge in [0.05, 0.1) is 11.6 Å². The lowest BCUT2D eigenvalue weighted by atomic mass is 9.77. The molecule has 0 bridgehead atoms. The number of amides is 1. The first-order chi connectivity index (χ1) is 13.2. The van der Waals surface area contributed by atoms with E-state index in [0.29, 0.717) is 23.8 Å². The zero-order valence-corrected chi connectivity index (χ0v) is 15.2. The van der Waals surface area contributed by atoms with Crippen LogP contribution in [0.15, 0.2) is 53.7 Å². The van der Waals surface area contributed by atoms with Crippen LogP contribution < -0.4 is 5.32 Å². The Morgan fingerprint density at radius 1 is 1.11 bits per heavy atom. The molecule has 2 aromatic rings. The summed E-state index contributed by atoms with van der Waals surface area (Å²) in [6.07, 6.45) is 4.71. The van der Waals surface area contributed by atoms with Crippen LogP contribution >= 0.6 is 0 Å². The van der Waals surface area contributed by atoms with Crippen LogP contribution in [-0.2, 0) is 11.3 Å². The zero-order chi connectivity index (χ0) is 19.1. The van der Waals surface area contributed by atoms with Gasteiger partial charge in [0.25, 0.3) is 0 Å². The molecule has 0 aliphatic heterocycles. The van der Waals surface area contributed by atoms with Crippen LogP contribution in [0.2, 0.25) is 0 Å². The van der Waals surface area contributed by atoms with E-state index in [1.54, 1.807) is 24.3 Å². The second-order valence-corrected chi connectivity index (χ2v) is 7.19. The van der Waals surface area contributed by atoms with Gasteiger partial charge in [0.15, 0.2) is 0 Å². The number of anilines is 1. The summed E-state index contributed by atoms with van der Waals surface area (Å²) < 4.78 is 0. The molecule has 2 aromatic carbocycles. The van der Waals surface area contributed by atoms with Crippen molar-refractivity contribution in [3.63, 3.8) is 0 Å². The third-order valence-electron chi connectivity index (χ3n) is 5.29. The highest BCUT2D eigenvalue weighted by Crippen LogP contribution is 2.37. The Labute approximate surface area is 159 Å². The molecule has 0 saturated heterocycles. The molecule has 5 nitrogen and oxygen atoms in total. The third-order valence-corrected chi connectivity index (χ3v) is 5.29. The molecule has 0 heterocycles. The van der Waals surface area contributed by atoms with E-state index in [9.17, 15) is 9.70 Å². The maximum Gasteiger partial charge on any atom is 0.224 e. The molecule has 3 rings (SSSR count). The minimum atomic E-state index is 0.0298. The van der Waals surface area contributed by atoms with Crippen molar-refractivity contribution in [1.29, 1.82) is 5.26 Å². The van der Waals surface area contributed by atoms with Gasteiger partial charge in [-0.3, -0.25) is 4.79 Å². The van der Waals surface area contributed by atoms with Gasteiger partial charge in [0.1, 0.15) is 6.54 Å². The summed E-state index contributed by atoms with van der Waals surface area (Å²) in [5.41, 5.74) is 3.55. The van der Waals surface area contributed by atoms with E-state index in [-0.39, 0.29) is 12.5 Å². The lowest BCUT2D eigenvalue weighted by molar-refractivity contribution is -0.117. The standard InChI is InChI=1S/C22H23N3O2/c23-14-17-6-10-21(11-7-17)25-22(26)13-16-4-8-19(9-5-16)20-3-1-2-18(12-20)15-24-27/h1-3,6-7,10-12,16,19H,4-5,8-9,13,15H2,(H,25,26). The minimum Gasteiger partial charge on any atom is -0.326 e. The van der Waals surface area contributed by atoms with Gasteiger partial charge in [0.2, 0.25) is 5.91 Å². The van der Waals surface area contributed by atoms with E-state index in [4.69, 9.17) is 5.26 Å². The molecule has 0 spiro atoms. The zero-order valence-electron chi connectivity index (χ0n) is 15.2. The summed E-state index contributed by atoms with van der Waals surface area (Å²) in [7, 11) is 0. The molecule has 1 N–H and O–H groups in total. The van der Waals surface area contributed by atoms with Gasteiger partial charge in [-0.15, -0.1) is 0 Å². The number of nitroso groups, excluding NO2 is 1. The highest BCUT2D eigenvalue weighted by molar-refractivity contribution is 5.90. The van der Waals surface area contributed by atoms with E-state index in [1.165, 1.54) is 5.56 Å². The number of rotatable bonds is 6. The van der Waals surface area contributed by atoms with E-state index >= 15 is 0 Å². The lowest BCUT2D eigenvalue weighted by Gasteiger charge is -2.28. The predicted molar refractivity (Wildman–Crippen MR) is 105 cm³/mol. The first-order valence-corrected chi connectivity index (χ1v) is 9.36. The Balaban J connectivity index is 1.48. The van der Waals surface area contributed by atoms with Crippen molar-refractivity contribution in [2.75, 3.05) is 5.32 Å². The molecule has 1 saturated carbocycles. The maximum atomic E-state index is 12.3. The number of nitrogens with zero attached hydrogens (tertiary/aromatic N) is 2. The third kappa shape index (κ3) is 5.24. The van der Waals surface area contributed by atoms with Crippen LogP contribution in [0, 0.1) is 22.2 Å². The molecule has 0 aromatic heterocycles. The number of nitrogens with one attached hydrogen (secondary N) is 1. The summed E-state index contributed by atoms with van der Waals surface area (Å²) >= 11 is 0. The highest BCUT2D eigenvalue weighted by atomic mass is 16.3. The van der Waals surface area contributed by atoms with Crippen molar-refractivity contribution < 1.29 is 4.79 Å². The number of hydrogen-bond donors (Lipinski definition) is 1. The van der Waals surface area contributed by atoms with Gasteiger partial charge >= 0.3 is 0 Å². The molecule has 0 atom stereocenters. The topological polar surface area (TPSA) is 82.3 Å². The fraction of sp³-hybridized carbons (Fsp3) is 0.364. The fourth-order valence-corrected chi connectivity index (χ4v) is 3.82. The number of benzene rings is 2. The van der Waals surface area contributed by atoms with Crippen molar-refractivity contribution in [2.45, 2.75) is 44.6 Å². The van der Waals surface area contributed by atoms with Crippen LogP contribution in [0.25, 0.3) is 0 Å². The summed E-state index contributed by atoms with van der Waals surface area (Å²) in [6, 6.07) is 17.1. The van der Waals surface area contributed by atoms with E-state index < -0.39 is 0 Å². The van der Waals surface area contributed by atoms with E-state index in [2.05, 4.69) is 28.7 Å². The van der Waals surface area contributed by atoms with Crippen LogP contribution in [0.1, 0.15) is 54.7 Å². The molecule has 5 heteroatoms. The monoisotopic (exact) mass is 361 g/mol. The highest BCUT2D eigenvalue weighted by Gasteiger charge is 2.24. The SMILES string of the molecule is N#Cc1ccc(NC(=O)CC2CCC(c3cccc(CN=O)c3)CC2)cc1. The van der Waals surface area contributed by atoms with Crippen molar-refractivity contribution in [2.24, 2.45) is 11.1 Å². The second kappa shape index (κ2) is 9.09. The van der Waals surface area contributed by atoms with E-state index in [1.807, 2.05) is 12.1 Å². The first kappa shape index (κ1) is 18.8. The minimum absolute atomic E-state index is 0.0298. The quantitative estimate of drug-likeness (QED) is 0.724. The van der Waals surface area contributed by atoms with Crippen LogP contribution in [0.3, 0.4) is 0 Å². The van der Waals surface area contributed by atoms with Crippen LogP contribution in [0.4, 0.5) is 5.69 Å². The molecule has 138 valence electrons. The molecule has 27 heavy (non-hydrogen) atoms. The Morgan fingerprint density at radius 3 is 2.52 bits per heavy atom. The number of hydrogen-bond acceptors (Lipinski definition) is 4. The number of carbonyl (C=O) groups is 1.